The van der Waals surface area contributed by atoms with Crippen molar-refractivity contribution in [1.29, 1.82) is 0 Å². The first kappa shape index (κ1) is 15.9. The highest BCUT2D eigenvalue weighted by Gasteiger charge is 2.02. The quantitative estimate of drug-likeness (QED) is 0.540. The number of benzene rings is 1. The van der Waals surface area contributed by atoms with Crippen LogP contribution in [-0.2, 0) is 19.6 Å². The van der Waals surface area contributed by atoms with E-state index in [0.29, 0.717) is 13.1 Å². The Labute approximate surface area is 141 Å². The Morgan fingerprint density at radius 2 is 2.04 bits per heavy atom. The molecule has 0 amide bonds. The van der Waals surface area contributed by atoms with Gasteiger partial charge in [0.25, 0.3) is 0 Å². The number of aliphatic imine (C=N–C) groups is 1. The van der Waals surface area contributed by atoms with Crippen LogP contribution in [-0.4, -0.2) is 22.6 Å². The second-order valence-corrected chi connectivity index (χ2v) is 5.41. The number of imidazole rings is 1. The lowest BCUT2D eigenvalue weighted by Crippen LogP contribution is -2.36. The summed E-state index contributed by atoms with van der Waals surface area (Å²) in [5, 5.41) is 6.54. The molecule has 0 saturated heterocycles. The highest BCUT2D eigenvalue weighted by molar-refractivity contribution is 5.79. The van der Waals surface area contributed by atoms with Gasteiger partial charge < -0.3 is 19.6 Å². The summed E-state index contributed by atoms with van der Waals surface area (Å²) in [7, 11) is 1.76. The molecule has 1 aromatic carbocycles. The predicted molar refractivity (Wildman–Crippen MR) is 93.5 cm³/mol. The second kappa shape index (κ2) is 8.01. The van der Waals surface area contributed by atoms with Gasteiger partial charge in [-0.25, -0.2) is 4.98 Å². The monoisotopic (exact) mass is 323 g/mol. The Morgan fingerprint density at radius 1 is 1.17 bits per heavy atom. The number of hydrogen-bond donors (Lipinski definition) is 2. The topological polar surface area (TPSA) is 67.4 Å². The summed E-state index contributed by atoms with van der Waals surface area (Å²) in [6.07, 6.45) is 7.25. The third-order valence-electron chi connectivity index (χ3n) is 3.61. The van der Waals surface area contributed by atoms with Gasteiger partial charge in [0.15, 0.2) is 5.96 Å². The van der Waals surface area contributed by atoms with E-state index in [2.05, 4.69) is 49.4 Å². The molecule has 0 aliphatic heterocycles. The summed E-state index contributed by atoms with van der Waals surface area (Å²) in [6, 6.07) is 12.3. The Kier molecular flexibility index (Phi) is 5.29. The molecule has 0 saturated carbocycles. The molecular formula is C18H21N5O. The van der Waals surface area contributed by atoms with E-state index in [1.807, 2.05) is 24.7 Å². The first-order valence-corrected chi connectivity index (χ1v) is 7.84. The zero-order chi connectivity index (χ0) is 16.6. The number of aromatic nitrogens is 2. The van der Waals surface area contributed by atoms with Gasteiger partial charge in [-0.05, 0) is 23.3 Å². The summed E-state index contributed by atoms with van der Waals surface area (Å²) >= 11 is 0. The number of rotatable bonds is 6. The van der Waals surface area contributed by atoms with Gasteiger partial charge in [0.2, 0.25) is 0 Å². The molecule has 0 atom stereocenters. The Hall–Kier alpha value is -3.02. The van der Waals surface area contributed by atoms with Gasteiger partial charge in [0.1, 0.15) is 5.76 Å². The van der Waals surface area contributed by atoms with Crippen molar-refractivity contribution < 1.29 is 4.42 Å². The van der Waals surface area contributed by atoms with E-state index in [0.717, 1.165) is 18.3 Å². The van der Waals surface area contributed by atoms with Crippen LogP contribution in [0.25, 0.3) is 0 Å². The summed E-state index contributed by atoms with van der Waals surface area (Å²) in [6.45, 7) is 2.13. The van der Waals surface area contributed by atoms with Gasteiger partial charge in [-0.2, -0.15) is 0 Å². The lowest BCUT2D eigenvalue weighted by atomic mass is 10.1. The summed E-state index contributed by atoms with van der Waals surface area (Å²) in [5.41, 5.74) is 2.44. The van der Waals surface area contributed by atoms with Crippen LogP contribution in [0.4, 0.5) is 0 Å². The van der Waals surface area contributed by atoms with Crippen LogP contribution in [0.5, 0.6) is 0 Å². The highest BCUT2D eigenvalue weighted by atomic mass is 16.3. The molecular weight excluding hydrogens is 302 g/mol. The molecule has 0 bridgehead atoms. The molecule has 0 aliphatic carbocycles. The number of furan rings is 1. The summed E-state index contributed by atoms with van der Waals surface area (Å²) in [4.78, 5) is 8.30. The zero-order valence-corrected chi connectivity index (χ0v) is 13.6. The van der Waals surface area contributed by atoms with Crippen LogP contribution in [0.15, 0.2) is 70.8 Å². The van der Waals surface area contributed by atoms with Crippen molar-refractivity contribution in [3.63, 3.8) is 0 Å². The molecule has 6 heteroatoms. The van der Waals surface area contributed by atoms with Crippen molar-refractivity contribution in [2.45, 2.75) is 19.6 Å². The summed E-state index contributed by atoms with van der Waals surface area (Å²) in [5.74, 6) is 1.62. The SMILES string of the molecule is CN=C(NCc1cccc(Cn2ccnc2)c1)NCc1ccco1. The third-order valence-corrected chi connectivity index (χ3v) is 3.61. The van der Waals surface area contributed by atoms with Crippen molar-refractivity contribution >= 4 is 5.96 Å². The fourth-order valence-corrected chi connectivity index (χ4v) is 2.42. The number of guanidine groups is 1. The first-order valence-electron chi connectivity index (χ1n) is 7.84. The maximum Gasteiger partial charge on any atom is 0.191 e. The van der Waals surface area contributed by atoms with Crippen molar-refractivity contribution in [2.24, 2.45) is 4.99 Å². The molecule has 6 nitrogen and oxygen atoms in total. The van der Waals surface area contributed by atoms with Gasteiger partial charge in [-0.15, -0.1) is 0 Å². The fraction of sp³-hybridized carbons (Fsp3) is 0.222. The van der Waals surface area contributed by atoms with E-state index < -0.39 is 0 Å². The number of hydrogen-bond acceptors (Lipinski definition) is 3. The first-order chi connectivity index (χ1) is 11.8. The molecule has 124 valence electrons. The van der Waals surface area contributed by atoms with Gasteiger partial charge in [-0.1, -0.05) is 24.3 Å². The number of nitrogens with zero attached hydrogens (tertiary/aromatic N) is 3. The minimum atomic E-state index is 0.605. The fourth-order valence-electron chi connectivity index (χ4n) is 2.42. The lowest BCUT2D eigenvalue weighted by molar-refractivity contribution is 0.501. The molecule has 2 aromatic heterocycles. The molecule has 0 radical (unpaired) electrons. The van der Waals surface area contributed by atoms with Crippen LogP contribution in [0.2, 0.25) is 0 Å². The summed E-state index contributed by atoms with van der Waals surface area (Å²) < 4.78 is 7.36. The molecule has 3 rings (SSSR count). The van der Waals surface area contributed by atoms with E-state index in [1.165, 1.54) is 11.1 Å². The van der Waals surface area contributed by atoms with E-state index in [4.69, 9.17) is 4.42 Å². The van der Waals surface area contributed by atoms with E-state index in [9.17, 15) is 0 Å². The third kappa shape index (κ3) is 4.49. The van der Waals surface area contributed by atoms with Crippen LogP contribution in [0, 0.1) is 0 Å². The van der Waals surface area contributed by atoms with Crippen LogP contribution in [0.1, 0.15) is 16.9 Å². The highest BCUT2D eigenvalue weighted by Crippen LogP contribution is 2.07. The van der Waals surface area contributed by atoms with Crippen molar-refractivity contribution in [3.05, 3.63) is 78.3 Å². The zero-order valence-electron chi connectivity index (χ0n) is 13.6. The molecule has 0 aliphatic rings. The largest absolute Gasteiger partial charge is 0.467 e. The molecule has 0 fully saturated rings. The van der Waals surface area contributed by atoms with Gasteiger partial charge >= 0.3 is 0 Å². The van der Waals surface area contributed by atoms with E-state index in [-0.39, 0.29) is 0 Å². The maximum atomic E-state index is 5.30. The normalized spacial score (nSPS) is 11.5. The maximum absolute atomic E-state index is 5.30. The van der Waals surface area contributed by atoms with E-state index in [1.54, 1.807) is 19.5 Å². The van der Waals surface area contributed by atoms with Gasteiger partial charge in [0.05, 0.1) is 19.1 Å². The average Bonchev–Trinajstić information content (AvgIpc) is 3.29. The predicted octanol–water partition coefficient (Wildman–Crippen LogP) is 2.39. The van der Waals surface area contributed by atoms with Crippen LogP contribution >= 0.6 is 0 Å². The molecule has 3 aromatic rings. The lowest BCUT2D eigenvalue weighted by Gasteiger charge is -2.12. The van der Waals surface area contributed by atoms with Crippen LogP contribution in [0.3, 0.4) is 0 Å². The minimum absolute atomic E-state index is 0.605. The minimum Gasteiger partial charge on any atom is -0.467 e. The van der Waals surface area contributed by atoms with Crippen molar-refractivity contribution in [1.82, 2.24) is 20.2 Å². The van der Waals surface area contributed by atoms with Gasteiger partial charge in [0, 0.05) is 32.5 Å². The molecule has 0 spiro atoms. The number of nitrogens with one attached hydrogen (secondary N) is 2. The Morgan fingerprint density at radius 3 is 2.79 bits per heavy atom. The standard InChI is InChI=1S/C18H21N5O/c1-19-18(22-12-17-6-3-9-24-17)21-11-15-4-2-5-16(10-15)13-23-8-7-20-14-23/h2-10,14H,11-13H2,1H3,(H2,19,21,22). The molecule has 24 heavy (non-hydrogen) atoms. The molecule has 2 N–H and O–H groups in total. The molecule has 0 unspecified atom stereocenters. The second-order valence-electron chi connectivity index (χ2n) is 5.41. The Bertz CT molecular complexity index is 763. The Balaban J connectivity index is 1.53. The average molecular weight is 323 g/mol. The van der Waals surface area contributed by atoms with E-state index >= 15 is 0 Å². The molecule has 2 heterocycles. The van der Waals surface area contributed by atoms with Gasteiger partial charge in [-0.3, -0.25) is 4.99 Å². The smallest absolute Gasteiger partial charge is 0.191 e. The van der Waals surface area contributed by atoms with Crippen LogP contribution < -0.4 is 10.6 Å². The van der Waals surface area contributed by atoms with Crippen molar-refractivity contribution in [2.75, 3.05) is 7.05 Å². The van der Waals surface area contributed by atoms with Crippen molar-refractivity contribution in [3.8, 4) is 0 Å².